The van der Waals surface area contributed by atoms with Gasteiger partial charge in [-0.05, 0) is 42.8 Å². The summed E-state index contributed by atoms with van der Waals surface area (Å²) >= 11 is 12.6. The molecule has 0 radical (unpaired) electrons. The van der Waals surface area contributed by atoms with Crippen LogP contribution in [-0.4, -0.2) is 29.8 Å². The van der Waals surface area contributed by atoms with Crippen LogP contribution in [0.15, 0.2) is 42.5 Å². The third-order valence-electron chi connectivity index (χ3n) is 4.46. The summed E-state index contributed by atoms with van der Waals surface area (Å²) in [5.74, 6) is -2.02. The minimum Gasteiger partial charge on any atom is -0.465 e. The lowest BCUT2D eigenvalue weighted by Gasteiger charge is -2.06. The molecule has 0 fully saturated rings. The van der Waals surface area contributed by atoms with Crippen LogP contribution >= 0.6 is 34.5 Å². The highest BCUT2D eigenvalue weighted by atomic mass is 35.5. The molecule has 3 aromatic rings. The molecule has 1 aromatic heterocycles. The van der Waals surface area contributed by atoms with Gasteiger partial charge in [0.15, 0.2) is 0 Å². The van der Waals surface area contributed by atoms with E-state index in [2.05, 4.69) is 10.6 Å². The molecule has 1 heterocycles. The Labute approximate surface area is 201 Å². The van der Waals surface area contributed by atoms with E-state index >= 15 is 0 Å². The SMILES string of the molecule is COC(=O)c1c(NC(=O)c2ccc(Cl)c([N+](=O)[O-])c2)sc(C(=O)Nc2cccc(Cl)c2)c1C. The highest BCUT2D eigenvalue weighted by Gasteiger charge is 2.27. The van der Waals surface area contributed by atoms with Crippen molar-refractivity contribution < 1.29 is 24.0 Å². The molecule has 0 saturated carbocycles. The number of nitro groups is 1. The fraction of sp³-hybridized carbons (Fsp3) is 0.0952. The Hall–Kier alpha value is -3.47. The van der Waals surface area contributed by atoms with E-state index in [9.17, 15) is 24.5 Å². The van der Waals surface area contributed by atoms with Gasteiger partial charge in [-0.1, -0.05) is 29.3 Å². The number of hydrogen-bond donors (Lipinski definition) is 2. The number of carbonyl (C=O) groups is 3. The van der Waals surface area contributed by atoms with Crippen LogP contribution in [0.2, 0.25) is 10.0 Å². The van der Waals surface area contributed by atoms with Gasteiger partial charge < -0.3 is 15.4 Å². The lowest BCUT2D eigenvalue weighted by Crippen LogP contribution is -2.14. The van der Waals surface area contributed by atoms with Crippen LogP contribution in [0.25, 0.3) is 0 Å². The second-order valence-corrected chi connectivity index (χ2v) is 8.46. The zero-order valence-electron chi connectivity index (χ0n) is 17.1. The molecule has 2 amide bonds. The van der Waals surface area contributed by atoms with Gasteiger partial charge in [0, 0.05) is 22.3 Å². The molecule has 0 aliphatic rings. The number of anilines is 2. The molecule has 0 spiro atoms. The van der Waals surface area contributed by atoms with E-state index in [4.69, 9.17) is 27.9 Å². The molecule has 2 N–H and O–H groups in total. The standard InChI is InChI=1S/C21H15Cl2N3O6S/c1-10-16(21(29)32-2)20(25-18(27)11-6-7-14(23)15(8-11)26(30)31)33-17(10)19(28)24-13-5-3-4-12(22)9-13/h3-9H,1-2H3,(H,24,28)(H,25,27). The fourth-order valence-electron chi connectivity index (χ4n) is 2.89. The van der Waals surface area contributed by atoms with Crippen molar-refractivity contribution in [2.45, 2.75) is 6.92 Å². The van der Waals surface area contributed by atoms with Crippen molar-refractivity contribution in [2.75, 3.05) is 17.7 Å². The van der Waals surface area contributed by atoms with E-state index in [1.54, 1.807) is 31.2 Å². The summed E-state index contributed by atoms with van der Waals surface area (Å²) < 4.78 is 4.80. The van der Waals surface area contributed by atoms with Gasteiger partial charge in [0.05, 0.1) is 22.5 Å². The minimum atomic E-state index is -0.761. The minimum absolute atomic E-state index is 0.00411. The topological polar surface area (TPSA) is 128 Å². The third kappa shape index (κ3) is 5.30. The van der Waals surface area contributed by atoms with Crippen molar-refractivity contribution >= 4 is 68.7 Å². The van der Waals surface area contributed by atoms with Crippen molar-refractivity contribution in [1.29, 1.82) is 0 Å². The number of benzene rings is 2. The number of rotatable bonds is 6. The first-order valence-corrected chi connectivity index (χ1v) is 10.7. The van der Waals surface area contributed by atoms with Gasteiger partial charge in [-0.15, -0.1) is 11.3 Å². The van der Waals surface area contributed by atoms with E-state index in [0.29, 0.717) is 16.3 Å². The molecule has 0 atom stereocenters. The zero-order valence-corrected chi connectivity index (χ0v) is 19.4. The van der Waals surface area contributed by atoms with Crippen molar-refractivity contribution in [1.82, 2.24) is 0 Å². The van der Waals surface area contributed by atoms with Crippen molar-refractivity contribution in [2.24, 2.45) is 0 Å². The van der Waals surface area contributed by atoms with Gasteiger partial charge in [-0.2, -0.15) is 0 Å². The second-order valence-electron chi connectivity index (χ2n) is 6.59. The maximum Gasteiger partial charge on any atom is 0.341 e. The van der Waals surface area contributed by atoms with Crippen LogP contribution in [0.1, 0.15) is 36.0 Å². The normalized spacial score (nSPS) is 10.4. The number of nitrogens with one attached hydrogen (secondary N) is 2. The number of amides is 2. The molecule has 2 aromatic carbocycles. The number of thiophene rings is 1. The first-order chi connectivity index (χ1) is 15.6. The van der Waals surface area contributed by atoms with Crippen LogP contribution in [0.5, 0.6) is 0 Å². The van der Waals surface area contributed by atoms with Crippen molar-refractivity contribution in [3.63, 3.8) is 0 Å². The average molecular weight is 508 g/mol. The Morgan fingerprint density at radius 2 is 1.79 bits per heavy atom. The predicted octanol–water partition coefficient (Wildman–Crippen LogP) is 5.56. The first kappa shape index (κ1) is 24.2. The molecule has 0 aliphatic heterocycles. The summed E-state index contributed by atoms with van der Waals surface area (Å²) in [6.45, 7) is 1.54. The number of halogens is 2. The molecule has 9 nitrogen and oxygen atoms in total. The second kappa shape index (κ2) is 9.99. The fourth-order valence-corrected chi connectivity index (χ4v) is 4.35. The number of nitrogens with zero attached hydrogens (tertiary/aromatic N) is 1. The number of hydrogen-bond acceptors (Lipinski definition) is 7. The molecule has 33 heavy (non-hydrogen) atoms. The van der Waals surface area contributed by atoms with E-state index in [1.807, 2.05) is 0 Å². The Balaban J connectivity index is 1.95. The zero-order chi connectivity index (χ0) is 24.3. The molecule has 0 saturated heterocycles. The number of carbonyl (C=O) groups excluding carboxylic acids is 3. The highest BCUT2D eigenvalue weighted by molar-refractivity contribution is 7.19. The summed E-state index contributed by atoms with van der Waals surface area (Å²) in [6, 6.07) is 10.1. The Kier molecular flexibility index (Phi) is 7.32. The molecule has 0 unspecified atom stereocenters. The largest absolute Gasteiger partial charge is 0.465 e. The summed E-state index contributed by atoms with van der Waals surface area (Å²) in [4.78, 5) is 48.5. The molecule has 170 valence electrons. The van der Waals surface area contributed by atoms with Crippen LogP contribution in [0.3, 0.4) is 0 Å². The van der Waals surface area contributed by atoms with Crippen LogP contribution in [0.4, 0.5) is 16.4 Å². The molecule has 0 bridgehead atoms. The monoisotopic (exact) mass is 507 g/mol. The van der Waals surface area contributed by atoms with Gasteiger partial charge in [-0.25, -0.2) is 4.79 Å². The van der Waals surface area contributed by atoms with Crippen LogP contribution < -0.4 is 10.6 Å². The number of esters is 1. The third-order valence-corrected chi connectivity index (χ3v) is 6.22. The van der Waals surface area contributed by atoms with Crippen molar-refractivity contribution in [3.05, 3.63) is 84.2 Å². The molecular formula is C21H15Cl2N3O6S. The Morgan fingerprint density at radius 3 is 2.42 bits per heavy atom. The van der Waals surface area contributed by atoms with Gasteiger partial charge in [-0.3, -0.25) is 19.7 Å². The predicted molar refractivity (Wildman–Crippen MR) is 126 cm³/mol. The van der Waals surface area contributed by atoms with E-state index < -0.39 is 28.4 Å². The lowest BCUT2D eigenvalue weighted by molar-refractivity contribution is -0.384. The maximum atomic E-state index is 12.8. The Morgan fingerprint density at radius 1 is 1.06 bits per heavy atom. The Bertz CT molecular complexity index is 1290. The molecule has 0 aliphatic carbocycles. The summed E-state index contributed by atoms with van der Waals surface area (Å²) in [5.41, 5.74) is 0.234. The van der Waals surface area contributed by atoms with Gasteiger partial charge in [0.25, 0.3) is 17.5 Å². The molecular weight excluding hydrogens is 493 g/mol. The maximum absolute atomic E-state index is 12.8. The number of nitro benzene ring substituents is 1. The molecule has 12 heteroatoms. The smallest absolute Gasteiger partial charge is 0.341 e. The van der Waals surface area contributed by atoms with Gasteiger partial charge in [0.1, 0.15) is 10.0 Å². The van der Waals surface area contributed by atoms with E-state index in [1.165, 1.54) is 19.2 Å². The average Bonchev–Trinajstić information content (AvgIpc) is 3.09. The first-order valence-electron chi connectivity index (χ1n) is 9.16. The summed E-state index contributed by atoms with van der Waals surface area (Å²) in [5, 5.41) is 16.7. The number of ether oxygens (including phenoxy) is 1. The molecule has 3 rings (SSSR count). The summed E-state index contributed by atoms with van der Waals surface area (Å²) in [6.07, 6.45) is 0. The van der Waals surface area contributed by atoms with Gasteiger partial charge >= 0.3 is 5.97 Å². The van der Waals surface area contributed by atoms with Crippen molar-refractivity contribution in [3.8, 4) is 0 Å². The van der Waals surface area contributed by atoms with Crippen LogP contribution in [-0.2, 0) is 4.74 Å². The van der Waals surface area contributed by atoms with E-state index in [-0.39, 0.29) is 26.0 Å². The quantitative estimate of drug-likeness (QED) is 0.255. The lowest BCUT2D eigenvalue weighted by atomic mass is 10.1. The highest BCUT2D eigenvalue weighted by Crippen LogP contribution is 2.35. The summed E-state index contributed by atoms with van der Waals surface area (Å²) in [7, 11) is 1.17. The van der Waals surface area contributed by atoms with Gasteiger partial charge in [0.2, 0.25) is 0 Å². The van der Waals surface area contributed by atoms with Crippen LogP contribution in [0, 0.1) is 17.0 Å². The number of methoxy groups -OCH3 is 1. The van der Waals surface area contributed by atoms with E-state index in [0.717, 1.165) is 17.4 Å².